The number of hydrogen-bond acceptors (Lipinski definition) is 5. The maximum atomic E-state index is 12.3. The number of aliphatic imine (C=N–C) groups is 1. The maximum absolute atomic E-state index is 12.3. The number of hydrogen-bond donors (Lipinski definition) is 3. The molecule has 7 nitrogen and oxygen atoms in total. The first-order valence-electron chi connectivity index (χ1n) is 6.86. The molecule has 2 atom stereocenters. The molecule has 1 aromatic heterocycles. The monoisotopic (exact) mass is 297 g/mol. The second-order valence-electron chi connectivity index (χ2n) is 5.18. The zero-order valence-corrected chi connectivity index (χ0v) is 12.2. The smallest absolute Gasteiger partial charge is 0.268 e. The zero-order valence-electron chi connectivity index (χ0n) is 12.2. The minimum Gasteiger partial charge on any atom is -0.351 e. The predicted molar refractivity (Wildman–Crippen MR) is 81.1 cm³/mol. The number of carbonyl (C=O) groups excluding carboxylic acids is 1. The van der Waals surface area contributed by atoms with Gasteiger partial charge >= 0.3 is 0 Å². The quantitative estimate of drug-likeness (QED) is 0.797. The second-order valence-corrected chi connectivity index (χ2v) is 5.18. The van der Waals surface area contributed by atoms with Gasteiger partial charge in [-0.15, -0.1) is 0 Å². The number of carbonyl (C=O) groups is 1. The first-order valence-corrected chi connectivity index (χ1v) is 6.86. The lowest BCUT2D eigenvalue weighted by atomic mass is 10.2. The van der Waals surface area contributed by atoms with Crippen molar-refractivity contribution < 1.29 is 9.63 Å². The van der Waals surface area contributed by atoms with Crippen molar-refractivity contribution in [1.29, 1.82) is 5.26 Å². The number of nitrogens with one attached hydrogen (secondary N) is 3. The van der Waals surface area contributed by atoms with Crippen molar-refractivity contribution in [2.24, 2.45) is 4.99 Å². The van der Waals surface area contributed by atoms with Crippen LogP contribution in [0, 0.1) is 11.3 Å². The van der Waals surface area contributed by atoms with E-state index < -0.39 is 6.23 Å². The molecule has 1 aromatic carbocycles. The van der Waals surface area contributed by atoms with E-state index in [2.05, 4.69) is 26.8 Å². The van der Waals surface area contributed by atoms with Crippen LogP contribution in [-0.2, 0) is 4.84 Å². The summed E-state index contributed by atoms with van der Waals surface area (Å²) in [5.74, 6) is 0.436. The average Bonchev–Trinajstić information content (AvgIpc) is 3.12. The van der Waals surface area contributed by atoms with Gasteiger partial charge in [0.15, 0.2) is 6.23 Å². The fraction of sp³-hybridized carbons (Fsp3) is 0.267. The molecule has 2 aromatic rings. The summed E-state index contributed by atoms with van der Waals surface area (Å²) in [4.78, 5) is 24.8. The summed E-state index contributed by atoms with van der Waals surface area (Å²) in [5.41, 5.74) is 4.46. The summed E-state index contributed by atoms with van der Waals surface area (Å²) < 4.78 is 0. The highest BCUT2D eigenvalue weighted by molar-refractivity contribution is 5.98. The number of hydroxylamine groups is 1. The molecule has 1 aliphatic heterocycles. The van der Waals surface area contributed by atoms with Gasteiger partial charge in [0.05, 0.1) is 17.7 Å². The Balaban J connectivity index is 1.76. The lowest BCUT2D eigenvalue weighted by Gasteiger charge is -2.16. The number of aromatic nitrogens is 1. The number of nitriles is 1. The molecule has 22 heavy (non-hydrogen) atoms. The number of aromatic amines is 1. The van der Waals surface area contributed by atoms with E-state index in [-0.39, 0.29) is 11.9 Å². The zero-order chi connectivity index (χ0) is 15.7. The van der Waals surface area contributed by atoms with Crippen molar-refractivity contribution >= 4 is 22.6 Å². The van der Waals surface area contributed by atoms with Crippen LogP contribution < -0.4 is 10.8 Å². The van der Waals surface area contributed by atoms with E-state index in [0.29, 0.717) is 17.1 Å². The molecule has 1 amide bonds. The van der Waals surface area contributed by atoms with Gasteiger partial charge in [0, 0.05) is 10.9 Å². The number of amidine groups is 1. The molecule has 3 N–H and O–H groups in total. The minimum atomic E-state index is -0.446. The van der Waals surface area contributed by atoms with E-state index in [4.69, 9.17) is 10.1 Å². The van der Waals surface area contributed by atoms with Crippen molar-refractivity contribution in [3.05, 3.63) is 35.5 Å². The Hall–Kier alpha value is -2.85. The van der Waals surface area contributed by atoms with E-state index in [9.17, 15) is 4.79 Å². The molecule has 2 heterocycles. The van der Waals surface area contributed by atoms with Crippen molar-refractivity contribution in [2.45, 2.75) is 26.1 Å². The summed E-state index contributed by atoms with van der Waals surface area (Å²) in [7, 11) is 0. The number of nitrogens with zero attached hydrogens (tertiary/aromatic N) is 2. The summed E-state index contributed by atoms with van der Waals surface area (Å²) in [6.45, 7) is 3.61. The van der Waals surface area contributed by atoms with Crippen molar-refractivity contribution in [3.8, 4) is 6.07 Å². The van der Waals surface area contributed by atoms with Crippen LogP contribution >= 0.6 is 0 Å². The summed E-state index contributed by atoms with van der Waals surface area (Å²) in [6, 6.07) is 8.75. The van der Waals surface area contributed by atoms with Gasteiger partial charge in [0.1, 0.15) is 11.5 Å². The van der Waals surface area contributed by atoms with Gasteiger partial charge in [-0.25, -0.2) is 9.83 Å². The average molecular weight is 297 g/mol. The Labute approximate surface area is 126 Å². The van der Waals surface area contributed by atoms with E-state index in [1.165, 1.54) is 0 Å². The lowest BCUT2D eigenvalue weighted by Crippen LogP contribution is -2.41. The number of amides is 1. The molecule has 0 saturated carbocycles. The van der Waals surface area contributed by atoms with Gasteiger partial charge in [0.25, 0.3) is 5.91 Å². The maximum Gasteiger partial charge on any atom is 0.268 e. The third kappa shape index (κ3) is 2.64. The molecule has 0 saturated heterocycles. The second kappa shape index (κ2) is 5.50. The van der Waals surface area contributed by atoms with E-state index in [1.54, 1.807) is 31.2 Å². The molecule has 7 heteroatoms. The van der Waals surface area contributed by atoms with Crippen LogP contribution in [0.4, 0.5) is 0 Å². The lowest BCUT2D eigenvalue weighted by molar-refractivity contribution is 0.0178. The van der Waals surface area contributed by atoms with Gasteiger partial charge in [-0.05, 0) is 38.1 Å². The number of benzene rings is 1. The number of rotatable bonds is 3. The normalized spacial score (nSPS) is 18.4. The molecule has 0 fully saturated rings. The van der Waals surface area contributed by atoms with E-state index >= 15 is 0 Å². The highest BCUT2D eigenvalue weighted by Crippen LogP contribution is 2.17. The fourth-order valence-corrected chi connectivity index (χ4v) is 2.28. The first kappa shape index (κ1) is 14.1. The predicted octanol–water partition coefficient (Wildman–Crippen LogP) is 1.44. The van der Waals surface area contributed by atoms with Crippen LogP contribution in [0.3, 0.4) is 0 Å². The van der Waals surface area contributed by atoms with Gasteiger partial charge in [0.2, 0.25) is 0 Å². The molecule has 2 unspecified atom stereocenters. The Morgan fingerprint density at radius 1 is 1.50 bits per heavy atom. The molecule has 0 aliphatic carbocycles. The Bertz CT molecular complexity index is 802. The molecular formula is C15H15N5O2. The van der Waals surface area contributed by atoms with Crippen molar-refractivity contribution in [2.75, 3.05) is 0 Å². The Kier molecular flexibility index (Phi) is 3.53. The van der Waals surface area contributed by atoms with Gasteiger partial charge in [-0.2, -0.15) is 5.26 Å². The molecule has 1 aliphatic rings. The topological polar surface area (TPSA) is 102 Å². The largest absolute Gasteiger partial charge is 0.351 e. The highest BCUT2D eigenvalue weighted by atomic mass is 16.7. The summed E-state index contributed by atoms with van der Waals surface area (Å²) in [6.07, 6.45) is -0.446. The number of H-pyrrole nitrogens is 1. The SMILES string of the molecule is CC1=NC(C(C)NC(=O)c2cc3cc(C#N)ccc3[nH]2)ON1. The molecule has 3 rings (SSSR count). The van der Waals surface area contributed by atoms with Crippen LogP contribution in [0.2, 0.25) is 0 Å². The number of fused-ring (bicyclic) bond motifs is 1. The highest BCUT2D eigenvalue weighted by Gasteiger charge is 2.24. The van der Waals surface area contributed by atoms with Crippen LogP contribution in [-0.4, -0.2) is 29.0 Å². The first-order chi connectivity index (χ1) is 10.6. The van der Waals surface area contributed by atoms with Crippen LogP contribution in [0.5, 0.6) is 0 Å². The van der Waals surface area contributed by atoms with Gasteiger partial charge in [-0.3, -0.25) is 10.3 Å². The van der Waals surface area contributed by atoms with Crippen LogP contribution in [0.25, 0.3) is 10.9 Å². The third-order valence-electron chi connectivity index (χ3n) is 3.43. The van der Waals surface area contributed by atoms with Crippen LogP contribution in [0.15, 0.2) is 29.3 Å². The Morgan fingerprint density at radius 3 is 3.00 bits per heavy atom. The fourth-order valence-electron chi connectivity index (χ4n) is 2.28. The molecule has 112 valence electrons. The van der Waals surface area contributed by atoms with E-state index in [0.717, 1.165) is 10.9 Å². The van der Waals surface area contributed by atoms with Crippen LogP contribution in [0.1, 0.15) is 29.9 Å². The summed E-state index contributed by atoms with van der Waals surface area (Å²) in [5, 5.41) is 12.6. The standard InChI is InChI=1S/C15H15N5O2/c1-8(15-18-9(2)20-22-15)17-14(21)13-6-11-5-10(7-16)3-4-12(11)19-13/h3-6,8,15,19H,1-2H3,(H,17,21)(H,18,20). The van der Waals surface area contributed by atoms with E-state index in [1.807, 2.05) is 6.92 Å². The third-order valence-corrected chi connectivity index (χ3v) is 3.43. The van der Waals surface area contributed by atoms with Crippen molar-refractivity contribution in [3.63, 3.8) is 0 Å². The minimum absolute atomic E-state index is 0.245. The Morgan fingerprint density at radius 2 is 2.32 bits per heavy atom. The van der Waals surface area contributed by atoms with Gasteiger partial charge < -0.3 is 10.3 Å². The van der Waals surface area contributed by atoms with Gasteiger partial charge in [-0.1, -0.05) is 0 Å². The molecular weight excluding hydrogens is 282 g/mol. The summed E-state index contributed by atoms with van der Waals surface area (Å²) >= 11 is 0. The van der Waals surface area contributed by atoms with Crippen molar-refractivity contribution in [1.82, 2.24) is 15.8 Å². The molecule has 0 radical (unpaired) electrons. The molecule has 0 bridgehead atoms. The molecule has 0 spiro atoms.